The van der Waals surface area contributed by atoms with Crippen molar-refractivity contribution in [2.24, 2.45) is 0 Å². The number of methoxy groups -OCH3 is 1. The number of thioether (sulfide) groups is 1. The minimum atomic E-state index is -0.219. The molecule has 0 aromatic carbocycles. The van der Waals surface area contributed by atoms with Gasteiger partial charge in [0, 0.05) is 10.3 Å². The number of fused-ring (bicyclic) bond motifs is 3. The molecule has 0 radical (unpaired) electrons. The van der Waals surface area contributed by atoms with Crippen LogP contribution in [0.1, 0.15) is 29.1 Å². The van der Waals surface area contributed by atoms with Crippen LogP contribution in [0.3, 0.4) is 0 Å². The number of nitrogens with zero attached hydrogens (tertiary/aromatic N) is 2. The highest BCUT2D eigenvalue weighted by Crippen LogP contribution is 2.39. The summed E-state index contributed by atoms with van der Waals surface area (Å²) in [6.07, 6.45) is 4.74. The third-order valence-electron chi connectivity index (χ3n) is 3.45. The molecule has 20 heavy (non-hydrogen) atoms. The Morgan fingerprint density at radius 3 is 2.95 bits per heavy atom. The van der Waals surface area contributed by atoms with E-state index in [9.17, 15) is 4.79 Å². The van der Waals surface area contributed by atoms with Crippen LogP contribution in [0.2, 0.25) is 0 Å². The average molecular weight is 308 g/mol. The van der Waals surface area contributed by atoms with E-state index in [-0.39, 0.29) is 5.97 Å². The summed E-state index contributed by atoms with van der Waals surface area (Å²) in [5, 5.41) is 2.10. The summed E-state index contributed by atoms with van der Waals surface area (Å²) in [4.78, 5) is 23.0. The number of ether oxygens (including phenoxy) is 1. The Kier molecular flexibility index (Phi) is 3.94. The molecule has 4 nitrogen and oxygen atoms in total. The quantitative estimate of drug-likeness (QED) is 0.495. The van der Waals surface area contributed by atoms with Crippen LogP contribution < -0.4 is 0 Å². The second-order valence-corrected chi connectivity index (χ2v) is 6.88. The zero-order valence-electron chi connectivity index (χ0n) is 11.6. The number of carbonyl (C=O) groups is 1. The lowest BCUT2D eigenvalue weighted by atomic mass is 9.97. The van der Waals surface area contributed by atoms with Crippen LogP contribution in [0.5, 0.6) is 0 Å². The predicted octanol–water partition coefficient (Wildman–Crippen LogP) is 3.14. The molecule has 1 aliphatic carbocycles. The second-order valence-electron chi connectivity index (χ2n) is 4.83. The van der Waals surface area contributed by atoms with Crippen LogP contribution >= 0.6 is 23.1 Å². The van der Waals surface area contributed by atoms with E-state index in [1.54, 1.807) is 11.3 Å². The normalized spacial score (nSPS) is 14.3. The molecular weight excluding hydrogens is 292 g/mol. The van der Waals surface area contributed by atoms with Crippen molar-refractivity contribution in [2.45, 2.75) is 37.6 Å². The predicted molar refractivity (Wildman–Crippen MR) is 81.5 cm³/mol. The molecule has 0 atom stereocenters. The van der Waals surface area contributed by atoms with Crippen molar-refractivity contribution in [3.05, 3.63) is 16.3 Å². The maximum absolute atomic E-state index is 11.3. The molecule has 2 aromatic heterocycles. The van der Waals surface area contributed by atoms with Gasteiger partial charge in [-0.15, -0.1) is 11.3 Å². The lowest BCUT2D eigenvalue weighted by molar-refractivity contribution is -0.137. The largest absolute Gasteiger partial charge is 0.468 e. The Bertz CT molecular complexity index is 667. The van der Waals surface area contributed by atoms with Gasteiger partial charge in [-0.05, 0) is 38.2 Å². The Morgan fingerprint density at radius 2 is 2.15 bits per heavy atom. The molecule has 0 aliphatic heterocycles. The highest BCUT2D eigenvalue weighted by molar-refractivity contribution is 8.00. The van der Waals surface area contributed by atoms with Gasteiger partial charge in [-0.25, -0.2) is 9.97 Å². The van der Waals surface area contributed by atoms with Crippen molar-refractivity contribution in [1.82, 2.24) is 9.97 Å². The van der Waals surface area contributed by atoms with Gasteiger partial charge in [-0.3, -0.25) is 4.79 Å². The molecule has 6 heteroatoms. The van der Waals surface area contributed by atoms with Crippen LogP contribution in [-0.4, -0.2) is 28.8 Å². The van der Waals surface area contributed by atoms with Gasteiger partial charge in [-0.2, -0.15) is 0 Å². The van der Waals surface area contributed by atoms with Gasteiger partial charge in [0.15, 0.2) is 0 Å². The first kappa shape index (κ1) is 13.8. The Labute approximate surface area is 126 Å². The molecule has 0 N–H and O–H groups in total. The Balaban J connectivity index is 2.05. The molecule has 1 aliphatic rings. The summed E-state index contributed by atoms with van der Waals surface area (Å²) in [6.45, 7) is 1.90. The van der Waals surface area contributed by atoms with Crippen LogP contribution in [0, 0.1) is 6.92 Å². The van der Waals surface area contributed by atoms with E-state index in [0.717, 1.165) is 28.5 Å². The standard InChI is InChI=1S/C14H16N2O2S2/c1-8-15-13(19-7-11(17)18-2)12-9-5-3-4-6-10(9)20-14(12)16-8/h3-7H2,1-2H3. The zero-order chi connectivity index (χ0) is 14.1. The van der Waals surface area contributed by atoms with Crippen LogP contribution in [0.15, 0.2) is 5.03 Å². The number of aromatic nitrogens is 2. The maximum Gasteiger partial charge on any atom is 0.316 e. The minimum Gasteiger partial charge on any atom is -0.468 e. The molecule has 0 amide bonds. The molecule has 0 saturated carbocycles. The topological polar surface area (TPSA) is 52.1 Å². The second kappa shape index (κ2) is 5.69. The number of thiophene rings is 1. The van der Waals surface area contributed by atoms with Gasteiger partial charge < -0.3 is 4.74 Å². The van der Waals surface area contributed by atoms with E-state index >= 15 is 0 Å². The summed E-state index contributed by atoms with van der Waals surface area (Å²) in [5.41, 5.74) is 1.41. The maximum atomic E-state index is 11.3. The molecule has 0 fully saturated rings. The smallest absolute Gasteiger partial charge is 0.316 e. The van der Waals surface area contributed by atoms with Crippen LogP contribution in [0.25, 0.3) is 10.2 Å². The van der Waals surface area contributed by atoms with Gasteiger partial charge in [0.2, 0.25) is 0 Å². The minimum absolute atomic E-state index is 0.219. The zero-order valence-corrected chi connectivity index (χ0v) is 13.2. The first-order valence-corrected chi connectivity index (χ1v) is 8.47. The van der Waals surface area contributed by atoms with Gasteiger partial charge in [0.25, 0.3) is 0 Å². The first-order chi connectivity index (χ1) is 9.69. The summed E-state index contributed by atoms with van der Waals surface area (Å²) >= 11 is 3.24. The number of aryl methyl sites for hydroxylation is 3. The van der Waals surface area contributed by atoms with Gasteiger partial charge in [0.1, 0.15) is 15.7 Å². The van der Waals surface area contributed by atoms with Crippen molar-refractivity contribution in [2.75, 3.05) is 12.9 Å². The number of hydrogen-bond acceptors (Lipinski definition) is 6. The van der Waals surface area contributed by atoms with Crippen molar-refractivity contribution >= 4 is 39.3 Å². The Morgan fingerprint density at radius 1 is 1.35 bits per heavy atom. The Hall–Kier alpha value is -1.14. The molecular formula is C14H16N2O2S2. The van der Waals surface area contributed by atoms with E-state index in [1.807, 2.05) is 6.92 Å². The molecule has 3 rings (SSSR count). The number of carbonyl (C=O) groups excluding carboxylic acids is 1. The van der Waals surface area contributed by atoms with E-state index in [0.29, 0.717) is 5.75 Å². The lowest BCUT2D eigenvalue weighted by Crippen LogP contribution is -2.04. The lowest BCUT2D eigenvalue weighted by Gasteiger charge is -2.11. The third-order valence-corrected chi connectivity index (χ3v) is 5.58. The molecule has 0 bridgehead atoms. The number of hydrogen-bond donors (Lipinski definition) is 0. The third kappa shape index (κ3) is 2.54. The van der Waals surface area contributed by atoms with E-state index in [2.05, 4.69) is 9.97 Å². The van der Waals surface area contributed by atoms with Crippen molar-refractivity contribution in [1.29, 1.82) is 0 Å². The fourth-order valence-electron chi connectivity index (χ4n) is 2.52. The highest BCUT2D eigenvalue weighted by Gasteiger charge is 2.21. The molecule has 0 spiro atoms. The summed E-state index contributed by atoms with van der Waals surface area (Å²) < 4.78 is 4.71. The molecule has 2 aromatic rings. The van der Waals surface area contributed by atoms with E-state index in [4.69, 9.17) is 4.74 Å². The van der Waals surface area contributed by atoms with Crippen molar-refractivity contribution in [3.63, 3.8) is 0 Å². The van der Waals surface area contributed by atoms with E-state index < -0.39 is 0 Å². The summed E-state index contributed by atoms with van der Waals surface area (Å²) in [5.74, 6) is 0.846. The number of rotatable bonds is 3. The van der Waals surface area contributed by atoms with Crippen LogP contribution in [0.4, 0.5) is 0 Å². The SMILES string of the molecule is COC(=O)CSc1nc(C)nc2sc3c(c12)CCCC3. The van der Waals surface area contributed by atoms with Crippen LogP contribution in [-0.2, 0) is 22.4 Å². The van der Waals surface area contributed by atoms with Gasteiger partial charge >= 0.3 is 5.97 Å². The fraction of sp³-hybridized carbons (Fsp3) is 0.500. The van der Waals surface area contributed by atoms with Crippen molar-refractivity contribution in [3.8, 4) is 0 Å². The molecule has 0 unspecified atom stereocenters. The molecule has 0 saturated heterocycles. The number of esters is 1. The summed E-state index contributed by atoms with van der Waals surface area (Å²) in [7, 11) is 1.41. The molecule has 2 heterocycles. The summed E-state index contributed by atoms with van der Waals surface area (Å²) in [6, 6.07) is 0. The first-order valence-electron chi connectivity index (χ1n) is 6.67. The molecule has 106 valence electrons. The van der Waals surface area contributed by atoms with E-state index in [1.165, 1.54) is 47.5 Å². The fourth-order valence-corrected chi connectivity index (χ4v) is 4.82. The van der Waals surface area contributed by atoms with Gasteiger partial charge in [-0.1, -0.05) is 11.8 Å². The van der Waals surface area contributed by atoms with Gasteiger partial charge in [0.05, 0.1) is 12.9 Å². The average Bonchev–Trinajstić information content (AvgIpc) is 2.82. The highest BCUT2D eigenvalue weighted by atomic mass is 32.2. The van der Waals surface area contributed by atoms with Crippen molar-refractivity contribution < 1.29 is 9.53 Å². The monoisotopic (exact) mass is 308 g/mol.